The molecule has 7 nitrogen and oxygen atoms in total. The fourth-order valence-corrected chi connectivity index (χ4v) is 4.28. The van der Waals surface area contributed by atoms with E-state index in [1.807, 2.05) is 0 Å². The predicted molar refractivity (Wildman–Crippen MR) is 99.0 cm³/mol. The van der Waals surface area contributed by atoms with Crippen molar-refractivity contribution in [2.45, 2.75) is 45.1 Å². The first-order chi connectivity index (χ1) is 14.6. The lowest BCUT2D eigenvalue weighted by Gasteiger charge is -2.28. The molecule has 1 saturated heterocycles. The summed E-state index contributed by atoms with van der Waals surface area (Å²) in [7, 11) is 0. The molecule has 2 amide bonds. The SMILES string of the molecule is CC(=O)N1CCCC1COc1cc2c(cc1F)CN(C1=CN=NC(=O)C1C(F)(F)F)C2. The van der Waals surface area contributed by atoms with Gasteiger partial charge in [-0.05, 0) is 36.1 Å². The van der Waals surface area contributed by atoms with Crippen molar-refractivity contribution in [1.82, 2.24) is 9.80 Å². The molecule has 0 bridgehead atoms. The first kappa shape index (κ1) is 21.3. The fourth-order valence-electron chi connectivity index (χ4n) is 4.28. The van der Waals surface area contributed by atoms with Crippen molar-refractivity contribution in [2.24, 2.45) is 16.1 Å². The fraction of sp³-hybridized carbons (Fsp3) is 0.500. The number of rotatable bonds is 4. The van der Waals surface area contributed by atoms with Gasteiger partial charge in [0.1, 0.15) is 6.61 Å². The van der Waals surface area contributed by atoms with E-state index in [1.165, 1.54) is 24.0 Å². The number of halogens is 4. The molecule has 11 heteroatoms. The number of ether oxygens (including phenoxy) is 1. The topological polar surface area (TPSA) is 74.6 Å². The van der Waals surface area contributed by atoms with Crippen molar-refractivity contribution in [3.8, 4) is 5.75 Å². The number of carbonyl (C=O) groups excluding carboxylic acids is 2. The van der Waals surface area contributed by atoms with E-state index in [9.17, 15) is 27.2 Å². The maximum Gasteiger partial charge on any atom is 0.406 e. The largest absolute Gasteiger partial charge is 0.488 e. The van der Waals surface area contributed by atoms with Crippen molar-refractivity contribution in [3.05, 3.63) is 41.0 Å². The molecule has 2 atom stereocenters. The van der Waals surface area contributed by atoms with Gasteiger partial charge in [-0.2, -0.15) is 18.3 Å². The second kappa shape index (κ2) is 7.93. The molecule has 0 saturated carbocycles. The molecule has 0 radical (unpaired) electrons. The van der Waals surface area contributed by atoms with E-state index < -0.39 is 23.8 Å². The number of hydrogen-bond donors (Lipinski definition) is 0. The number of hydrogen-bond acceptors (Lipinski definition) is 5. The summed E-state index contributed by atoms with van der Waals surface area (Å²) in [6.07, 6.45) is -2.27. The van der Waals surface area contributed by atoms with E-state index in [1.54, 1.807) is 4.90 Å². The van der Waals surface area contributed by atoms with Crippen LogP contribution in [0.2, 0.25) is 0 Å². The number of amides is 2. The summed E-state index contributed by atoms with van der Waals surface area (Å²) in [5.74, 6) is -4.48. The molecule has 0 aromatic heterocycles. The third-order valence-corrected chi connectivity index (χ3v) is 5.77. The van der Waals surface area contributed by atoms with Gasteiger partial charge in [-0.25, -0.2) is 4.39 Å². The smallest absolute Gasteiger partial charge is 0.406 e. The van der Waals surface area contributed by atoms with Crippen LogP contribution in [0.1, 0.15) is 30.9 Å². The van der Waals surface area contributed by atoms with E-state index in [-0.39, 0.29) is 43.1 Å². The van der Waals surface area contributed by atoms with Crippen LogP contribution in [0.4, 0.5) is 17.6 Å². The maximum absolute atomic E-state index is 14.6. The summed E-state index contributed by atoms with van der Waals surface area (Å²) < 4.78 is 60.4. The molecule has 0 aliphatic carbocycles. The number of benzene rings is 1. The highest BCUT2D eigenvalue weighted by Crippen LogP contribution is 2.40. The molecule has 1 aromatic carbocycles. The van der Waals surface area contributed by atoms with Gasteiger partial charge in [0.2, 0.25) is 5.91 Å². The molecule has 0 N–H and O–H groups in total. The minimum atomic E-state index is -4.81. The van der Waals surface area contributed by atoms with Crippen LogP contribution in [0.5, 0.6) is 5.75 Å². The molecule has 1 fully saturated rings. The van der Waals surface area contributed by atoms with Crippen LogP contribution in [0.25, 0.3) is 0 Å². The number of likely N-dealkylation sites (tertiary alicyclic amines) is 1. The zero-order chi connectivity index (χ0) is 22.3. The zero-order valence-electron chi connectivity index (χ0n) is 16.7. The van der Waals surface area contributed by atoms with Gasteiger partial charge < -0.3 is 14.5 Å². The van der Waals surface area contributed by atoms with Gasteiger partial charge in [0.25, 0.3) is 5.91 Å². The standard InChI is InChI=1S/C20H20F4N4O3/c1-11(29)28-4-2-3-14(28)10-31-17-6-13-9-27(8-12(13)5-15(17)21)16-7-25-26-19(30)18(16)20(22,23)24/h5-7,14,18H,2-4,8-10H2,1H3. The average molecular weight is 440 g/mol. The minimum absolute atomic E-state index is 0.00842. The highest BCUT2D eigenvalue weighted by atomic mass is 19.4. The second-order valence-electron chi connectivity index (χ2n) is 7.81. The summed E-state index contributed by atoms with van der Waals surface area (Å²) in [4.78, 5) is 26.4. The van der Waals surface area contributed by atoms with Crippen molar-refractivity contribution >= 4 is 11.8 Å². The van der Waals surface area contributed by atoms with Gasteiger partial charge in [0, 0.05) is 26.6 Å². The normalized spacial score (nSPS) is 23.3. The first-order valence-electron chi connectivity index (χ1n) is 9.83. The quantitative estimate of drug-likeness (QED) is 0.672. The summed E-state index contributed by atoms with van der Waals surface area (Å²) >= 11 is 0. The summed E-state index contributed by atoms with van der Waals surface area (Å²) in [5.41, 5.74) is 0.797. The number of fused-ring (bicyclic) bond motifs is 1. The third-order valence-electron chi connectivity index (χ3n) is 5.77. The Morgan fingerprint density at radius 3 is 2.65 bits per heavy atom. The van der Waals surface area contributed by atoms with Crippen LogP contribution < -0.4 is 4.74 Å². The molecule has 1 aromatic rings. The Kier molecular flexibility index (Phi) is 5.44. The lowest BCUT2D eigenvalue weighted by Crippen LogP contribution is -2.38. The third kappa shape index (κ3) is 4.13. The van der Waals surface area contributed by atoms with E-state index in [0.717, 1.165) is 19.0 Å². The highest BCUT2D eigenvalue weighted by Gasteiger charge is 2.50. The Balaban J connectivity index is 1.50. The van der Waals surface area contributed by atoms with Crippen LogP contribution in [0, 0.1) is 11.7 Å². The average Bonchev–Trinajstić information content (AvgIpc) is 3.31. The summed E-state index contributed by atoms with van der Waals surface area (Å²) in [5, 5.41) is 6.39. The molecule has 0 spiro atoms. The molecule has 3 aliphatic heterocycles. The molecule has 2 unspecified atom stereocenters. The highest BCUT2D eigenvalue weighted by molar-refractivity contribution is 5.83. The number of nitrogens with zero attached hydrogens (tertiary/aromatic N) is 4. The van der Waals surface area contributed by atoms with Crippen molar-refractivity contribution in [1.29, 1.82) is 0 Å². The van der Waals surface area contributed by atoms with Crippen LogP contribution >= 0.6 is 0 Å². The first-order valence-corrected chi connectivity index (χ1v) is 9.83. The predicted octanol–water partition coefficient (Wildman–Crippen LogP) is 3.54. The van der Waals surface area contributed by atoms with Crippen molar-refractivity contribution < 1.29 is 31.9 Å². The molecule has 166 valence electrons. The van der Waals surface area contributed by atoms with Crippen LogP contribution in [0.15, 0.2) is 34.3 Å². The Bertz CT molecular complexity index is 976. The van der Waals surface area contributed by atoms with Gasteiger partial charge in [-0.15, -0.1) is 5.11 Å². The Hall–Kier alpha value is -2.98. The van der Waals surface area contributed by atoms with Crippen molar-refractivity contribution in [3.63, 3.8) is 0 Å². The van der Waals surface area contributed by atoms with E-state index in [2.05, 4.69) is 10.2 Å². The molecular formula is C20H20F4N4O3. The van der Waals surface area contributed by atoms with Gasteiger partial charge in [-0.3, -0.25) is 9.59 Å². The Morgan fingerprint density at radius 2 is 1.97 bits per heavy atom. The minimum Gasteiger partial charge on any atom is -0.488 e. The van der Waals surface area contributed by atoms with E-state index in [4.69, 9.17) is 4.74 Å². The molecular weight excluding hydrogens is 420 g/mol. The lowest BCUT2D eigenvalue weighted by molar-refractivity contribution is -0.177. The zero-order valence-corrected chi connectivity index (χ0v) is 16.7. The van der Waals surface area contributed by atoms with Crippen LogP contribution in [-0.4, -0.2) is 47.0 Å². The molecule has 3 aliphatic rings. The van der Waals surface area contributed by atoms with E-state index in [0.29, 0.717) is 17.7 Å². The molecule has 31 heavy (non-hydrogen) atoms. The van der Waals surface area contributed by atoms with Gasteiger partial charge >= 0.3 is 6.18 Å². The Labute approximate surface area is 175 Å². The maximum atomic E-state index is 14.6. The molecule has 3 heterocycles. The van der Waals surface area contributed by atoms with Gasteiger partial charge in [0.15, 0.2) is 17.5 Å². The van der Waals surface area contributed by atoms with Gasteiger partial charge in [0.05, 0.1) is 17.9 Å². The summed E-state index contributed by atoms with van der Waals surface area (Å²) in [6.45, 7) is 2.30. The van der Waals surface area contributed by atoms with Crippen molar-refractivity contribution in [2.75, 3.05) is 13.2 Å². The monoisotopic (exact) mass is 440 g/mol. The number of azo groups is 1. The number of carbonyl (C=O) groups is 2. The molecule has 4 rings (SSSR count). The van der Waals surface area contributed by atoms with E-state index >= 15 is 0 Å². The van der Waals surface area contributed by atoms with Crippen LogP contribution in [-0.2, 0) is 22.7 Å². The second-order valence-corrected chi connectivity index (χ2v) is 7.81. The number of alkyl halides is 3. The Morgan fingerprint density at radius 1 is 1.26 bits per heavy atom. The summed E-state index contributed by atoms with van der Waals surface area (Å²) in [6, 6.07) is 2.56. The van der Waals surface area contributed by atoms with Crippen LogP contribution in [0.3, 0.4) is 0 Å². The lowest BCUT2D eigenvalue weighted by atomic mass is 10.0. The van der Waals surface area contributed by atoms with Gasteiger partial charge in [-0.1, -0.05) is 0 Å².